The Morgan fingerprint density at radius 2 is 2.23 bits per heavy atom. The van der Waals surface area contributed by atoms with Gasteiger partial charge in [-0.3, -0.25) is 9.78 Å². The van der Waals surface area contributed by atoms with Gasteiger partial charge in [0.1, 0.15) is 11.6 Å². The first-order chi connectivity index (χ1) is 14.3. The standard InChI is InChI=1S/C20H24F3N5O2/c1-13-8-18-25-16(9-17(20(21,22)23)28(18)26-13)14-4-3-7-27(11-14)19(29)12-30-15-5-2-6-24-10-15/h2,5-6,8,10,14,16-17,25H,3-4,7,9,11-12H2,1H3/t14?,16-,17+/m0/s1. The first-order valence-electron chi connectivity index (χ1n) is 10.0. The molecule has 4 heterocycles. The van der Waals surface area contributed by atoms with E-state index in [0.717, 1.165) is 17.5 Å². The molecule has 30 heavy (non-hydrogen) atoms. The molecule has 0 bridgehead atoms. The van der Waals surface area contributed by atoms with Gasteiger partial charge in [0, 0.05) is 31.4 Å². The number of aromatic nitrogens is 3. The van der Waals surface area contributed by atoms with E-state index < -0.39 is 12.2 Å². The Bertz CT molecular complexity index is 886. The lowest BCUT2D eigenvalue weighted by atomic mass is 9.85. The number of hydrogen-bond donors (Lipinski definition) is 1. The number of amides is 1. The molecule has 162 valence electrons. The van der Waals surface area contributed by atoms with E-state index in [0.29, 0.717) is 30.4 Å². The summed E-state index contributed by atoms with van der Waals surface area (Å²) < 4.78 is 47.5. The molecule has 0 spiro atoms. The van der Waals surface area contributed by atoms with Gasteiger partial charge in [0.25, 0.3) is 5.91 Å². The van der Waals surface area contributed by atoms with E-state index in [-0.39, 0.29) is 30.9 Å². The molecule has 1 saturated heterocycles. The van der Waals surface area contributed by atoms with E-state index in [1.165, 1.54) is 6.20 Å². The number of nitrogens with zero attached hydrogens (tertiary/aromatic N) is 4. The van der Waals surface area contributed by atoms with Crippen LogP contribution in [0.25, 0.3) is 0 Å². The van der Waals surface area contributed by atoms with Crippen LogP contribution in [0.1, 0.15) is 31.0 Å². The fourth-order valence-corrected chi connectivity index (χ4v) is 4.27. The van der Waals surface area contributed by atoms with Gasteiger partial charge in [0.05, 0.1) is 11.9 Å². The van der Waals surface area contributed by atoms with Gasteiger partial charge in [-0.25, -0.2) is 4.68 Å². The molecule has 2 aliphatic heterocycles. The number of likely N-dealkylation sites (tertiary alicyclic amines) is 1. The summed E-state index contributed by atoms with van der Waals surface area (Å²) in [6, 6.07) is 3.03. The van der Waals surface area contributed by atoms with Crippen LogP contribution < -0.4 is 10.1 Å². The fraction of sp³-hybridized carbons (Fsp3) is 0.550. The van der Waals surface area contributed by atoms with Crippen molar-refractivity contribution in [2.75, 3.05) is 25.0 Å². The van der Waals surface area contributed by atoms with Crippen LogP contribution in [0.3, 0.4) is 0 Å². The summed E-state index contributed by atoms with van der Waals surface area (Å²) in [5.74, 6) is 0.641. The van der Waals surface area contributed by atoms with Crippen LogP contribution in [0.4, 0.5) is 19.0 Å². The molecule has 3 atom stereocenters. The number of fused-ring (bicyclic) bond motifs is 1. The largest absolute Gasteiger partial charge is 0.482 e. The topological polar surface area (TPSA) is 72.3 Å². The highest BCUT2D eigenvalue weighted by atomic mass is 19.4. The first-order valence-corrected chi connectivity index (χ1v) is 10.0. The molecule has 1 unspecified atom stereocenters. The van der Waals surface area contributed by atoms with Crippen molar-refractivity contribution in [3.8, 4) is 5.75 Å². The highest BCUT2D eigenvalue weighted by molar-refractivity contribution is 5.77. The van der Waals surface area contributed by atoms with Crippen LogP contribution in [-0.2, 0) is 4.79 Å². The van der Waals surface area contributed by atoms with E-state index in [1.54, 1.807) is 36.2 Å². The van der Waals surface area contributed by atoms with Crippen LogP contribution in [0.5, 0.6) is 5.75 Å². The van der Waals surface area contributed by atoms with Gasteiger partial charge >= 0.3 is 6.18 Å². The molecule has 0 radical (unpaired) electrons. The lowest BCUT2D eigenvalue weighted by molar-refractivity contribution is -0.175. The summed E-state index contributed by atoms with van der Waals surface area (Å²) in [7, 11) is 0. The molecule has 7 nitrogen and oxygen atoms in total. The molecule has 2 aromatic heterocycles. The number of ether oxygens (including phenoxy) is 1. The van der Waals surface area contributed by atoms with Crippen molar-refractivity contribution in [2.24, 2.45) is 5.92 Å². The van der Waals surface area contributed by atoms with Crippen LogP contribution in [-0.4, -0.2) is 57.5 Å². The Hall–Kier alpha value is -2.78. The molecular formula is C20H24F3N5O2. The Morgan fingerprint density at radius 3 is 2.97 bits per heavy atom. The summed E-state index contributed by atoms with van der Waals surface area (Å²) in [6.07, 6.45) is 0.175. The number of pyridine rings is 1. The van der Waals surface area contributed by atoms with E-state index in [9.17, 15) is 18.0 Å². The van der Waals surface area contributed by atoms with Gasteiger partial charge in [-0.05, 0) is 44.2 Å². The van der Waals surface area contributed by atoms with E-state index in [2.05, 4.69) is 15.4 Å². The Labute approximate surface area is 172 Å². The number of carbonyl (C=O) groups is 1. The number of aryl methyl sites for hydroxylation is 1. The maximum absolute atomic E-state index is 13.7. The van der Waals surface area contributed by atoms with Gasteiger partial charge in [-0.1, -0.05) is 0 Å². The summed E-state index contributed by atoms with van der Waals surface area (Å²) in [4.78, 5) is 18.2. The summed E-state index contributed by atoms with van der Waals surface area (Å²) >= 11 is 0. The summed E-state index contributed by atoms with van der Waals surface area (Å²) in [6.45, 7) is 2.55. The van der Waals surface area contributed by atoms with Gasteiger partial charge in [0.15, 0.2) is 12.6 Å². The average molecular weight is 423 g/mol. The zero-order valence-corrected chi connectivity index (χ0v) is 16.6. The number of piperidine rings is 1. The molecule has 2 aliphatic rings. The third-order valence-electron chi connectivity index (χ3n) is 5.72. The molecule has 1 fully saturated rings. The smallest absolute Gasteiger partial charge is 0.410 e. The minimum atomic E-state index is -4.38. The van der Waals surface area contributed by atoms with Crippen molar-refractivity contribution in [2.45, 2.75) is 44.4 Å². The first kappa shape index (κ1) is 20.5. The van der Waals surface area contributed by atoms with Crippen LogP contribution in [0, 0.1) is 12.8 Å². The number of anilines is 1. The molecule has 0 saturated carbocycles. The number of rotatable bonds is 4. The van der Waals surface area contributed by atoms with Crippen molar-refractivity contribution >= 4 is 11.7 Å². The number of halogens is 3. The SMILES string of the molecule is Cc1cc2n(n1)[C@@H](C(F)(F)F)C[C@@H](C1CCCN(C(=O)COc3cccnc3)C1)N2. The zero-order chi connectivity index (χ0) is 21.3. The summed E-state index contributed by atoms with van der Waals surface area (Å²) in [5.41, 5.74) is 0.542. The normalized spacial score (nSPS) is 24.1. The number of carbonyl (C=O) groups excluding carboxylic acids is 1. The Balaban J connectivity index is 1.42. The predicted molar refractivity (Wildman–Crippen MR) is 103 cm³/mol. The van der Waals surface area contributed by atoms with Gasteiger partial charge in [0.2, 0.25) is 0 Å². The number of hydrogen-bond acceptors (Lipinski definition) is 5. The van der Waals surface area contributed by atoms with Crippen molar-refractivity contribution in [3.05, 3.63) is 36.3 Å². The lowest BCUT2D eigenvalue weighted by Gasteiger charge is -2.41. The van der Waals surface area contributed by atoms with E-state index >= 15 is 0 Å². The second-order valence-corrected chi connectivity index (χ2v) is 7.88. The zero-order valence-electron chi connectivity index (χ0n) is 16.6. The van der Waals surface area contributed by atoms with E-state index in [4.69, 9.17) is 4.74 Å². The molecule has 1 N–H and O–H groups in total. The van der Waals surface area contributed by atoms with Gasteiger partial charge < -0.3 is 15.0 Å². The third-order valence-corrected chi connectivity index (χ3v) is 5.72. The van der Waals surface area contributed by atoms with Gasteiger partial charge in [-0.15, -0.1) is 0 Å². The van der Waals surface area contributed by atoms with Crippen LogP contribution in [0.15, 0.2) is 30.6 Å². The maximum atomic E-state index is 13.7. The molecule has 10 heteroatoms. The van der Waals surface area contributed by atoms with Gasteiger partial charge in [-0.2, -0.15) is 18.3 Å². The van der Waals surface area contributed by atoms with Crippen molar-refractivity contribution in [3.63, 3.8) is 0 Å². The highest BCUT2D eigenvalue weighted by Gasteiger charge is 2.47. The molecule has 0 aromatic carbocycles. The predicted octanol–water partition coefficient (Wildman–Crippen LogP) is 3.19. The van der Waals surface area contributed by atoms with Crippen LogP contribution >= 0.6 is 0 Å². The Morgan fingerprint density at radius 1 is 1.40 bits per heavy atom. The van der Waals surface area contributed by atoms with Crippen molar-refractivity contribution in [1.29, 1.82) is 0 Å². The summed E-state index contributed by atoms with van der Waals surface area (Å²) in [5, 5.41) is 7.25. The minimum Gasteiger partial charge on any atom is -0.482 e. The van der Waals surface area contributed by atoms with Crippen LogP contribution in [0.2, 0.25) is 0 Å². The second kappa shape index (κ2) is 8.16. The van der Waals surface area contributed by atoms with E-state index in [1.807, 2.05) is 0 Å². The number of alkyl halides is 3. The molecule has 1 amide bonds. The molecular weight excluding hydrogens is 399 g/mol. The second-order valence-electron chi connectivity index (χ2n) is 7.88. The van der Waals surface area contributed by atoms with Crippen molar-refractivity contribution in [1.82, 2.24) is 19.7 Å². The Kier molecular flexibility index (Phi) is 5.57. The molecule has 2 aromatic rings. The average Bonchev–Trinajstić information content (AvgIpc) is 3.11. The highest BCUT2D eigenvalue weighted by Crippen LogP contribution is 2.41. The maximum Gasteiger partial charge on any atom is 0.410 e. The third kappa shape index (κ3) is 4.36. The molecule has 0 aliphatic carbocycles. The monoisotopic (exact) mass is 423 g/mol. The molecule has 4 rings (SSSR count). The fourth-order valence-electron chi connectivity index (χ4n) is 4.27. The van der Waals surface area contributed by atoms with Crippen molar-refractivity contribution < 1.29 is 22.7 Å². The minimum absolute atomic E-state index is 0.0742. The number of nitrogens with one attached hydrogen (secondary N) is 1. The lowest BCUT2D eigenvalue weighted by Crippen LogP contribution is -2.50. The quantitative estimate of drug-likeness (QED) is 0.818.